The highest BCUT2D eigenvalue weighted by Gasteiger charge is 2.19. The Balaban J connectivity index is 2.36. The summed E-state index contributed by atoms with van der Waals surface area (Å²) in [6, 6.07) is 10.6. The van der Waals surface area contributed by atoms with Gasteiger partial charge in [-0.3, -0.25) is 24.8 Å². The van der Waals surface area contributed by atoms with Gasteiger partial charge in [-0.2, -0.15) is 0 Å². The van der Waals surface area contributed by atoms with Gasteiger partial charge in [0.1, 0.15) is 0 Å². The van der Waals surface area contributed by atoms with E-state index < -0.39 is 30.2 Å². The molecule has 2 aromatic rings. The average molecular weight is 367 g/mol. The van der Waals surface area contributed by atoms with Crippen LogP contribution in [0.25, 0.3) is 0 Å². The molecule has 0 aliphatic rings. The molecule has 1 N–H and O–H groups in total. The molecular formula is C14H12N2O8P-. The number of nitrogens with zero attached hydrogens (tertiary/aromatic N) is 2. The van der Waals surface area contributed by atoms with Crippen LogP contribution < -0.4 is 4.89 Å². The molecule has 0 saturated carbocycles. The molecule has 0 heterocycles. The highest BCUT2D eigenvalue weighted by Crippen LogP contribution is 2.35. The van der Waals surface area contributed by atoms with Crippen LogP contribution in [-0.2, 0) is 9.09 Å². The molecule has 10 nitrogen and oxygen atoms in total. The fraction of sp³-hybridized carbons (Fsp3) is 0.143. The van der Waals surface area contributed by atoms with Crippen LogP contribution in [0.4, 0.5) is 11.4 Å². The molecule has 0 spiro atoms. The summed E-state index contributed by atoms with van der Waals surface area (Å²) in [4.78, 5) is 39.9. The minimum absolute atomic E-state index is 0.149. The molecule has 0 radical (unpaired) electrons. The van der Waals surface area contributed by atoms with Gasteiger partial charge >= 0.3 is 0 Å². The average Bonchev–Trinajstić information content (AvgIpc) is 2.55. The summed E-state index contributed by atoms with van der Waals surface area (Å²) in [5.74, 6) is -0.712. The van der Waals surface area contributed by atoms with E-state index in [2.05, 4.69) is 4.52 Å². The predicted molar refractivity (Wildman–Crippen MR) is 83.8 cm³/mol. The normalized spacial score (nSPS) is 13.4. The first-order chi connectivity index (χ1) is 11.7. The number of phosphoric ester groups is 1. The standard InChI is InChI=1S/C14H13N2O8P/c17-15(18)12-5-1-10(2-6-12)14(9-24-25(21,22)23)11-3-7-13(8-4-11)16(19)20/h1-8,14H,9H2,(H2,21,22,23)/p-1. The molecule has 0 saturated heterocycles. The third-order valence-corrected chi connectivity index (χ3v) is 3.89. The van der Waals surface area contributed by atoms with Crippen molar-refractivity contribution in [1.29, 1.82) is 0 Å². The zero-order valence-electron chi connectivity index (χ0n) is 12.5. The molecule has 2 rings (SSSR count). The van der Waals surface area contributed by atoms with Crippen molar-refractivity contribution >= 4 is 19.2 Å². The SMILES string of the molecule is O=[N+]([O-])c1ccc(C(COP(=O)([O-])O)c2ccc([N+](=O)[O-])cc2)cc1. The van der Waals surface area contributed by atoms with Gasteiger partial charge in [-0.1, -0.05) is 24.3 Å². The Morgan fingerprint density at radius 2 is 1.28 bits per heavy atom. The molecule has 0 amide bonds. The molecule has 0 aliphatic heterocycles. The van der Waals surface area contributed by atoms with Crippen LogP contribution >= 0.6 is 7.82 Å². The predicted octanol–water partition coefficient (Wildman–Crippen LogP) is 2.11. The van der Waals surface area contributed by atoms with Crippen LogP contribution in [0.3, 0.4) is 0 Å². The molecule has 2 aromatic carbocycles. The molecule has 11 heteroatoms. The maximum atomic E-state index is 10.9. The molecule has 0 bridgehead atoms. The number of nitro groups is 2. The van der Waals surface area contributed by atoms with Gasteiger partial charge < -0.3 is 14.3 Å². The van der Waals surface area contributed by atoms with Crippen LogP contribution in [0.15, 0.2) is 48.5 Å². The van der Waals surface area contributed by atoms with Crippen LogP contribution in [0.5, 0.6) is 0 Å². The molecule has 132 valence electrons. The second-order valence-corrected chi connectivity index (χ2v) is 6.21. The van der Waals surface area contributed by atoms with Crippen LogP contribution in [0, 0.1) is 20.2 Å². The highest BCUT2D eigenvalue weighted by atomic mass is 31.2. The van der Waals surface area contributed by atoms with Crippen molar-refractivity contribution in [1.82, 2.24) is 0 Å². The van der Waals surface area contributed by atoms with E-state index in [1.807, 2.05) is 0 Å². The lowest BCUT2D eigenvalue weighted by Gasteiger charge is -2.22. The summed E-state index contributed by atoms with van der Waals surface area (Å²) >= 11 is 0. The van der Waals surface area contributed by atoms with E-state index >= 15 is 0 Å². The first-order valence-corrected chi connectivity index (χ1v) is 8.34. The van der Waals surface area contributed by atoms with Gasteiger partial charge in [0.2, 0.25) is 0 Å². The number of benzene rings is 2. The Morgan fingerprint density at radius 1 is 0.920 bits per heavy atom. The van der Waals surface area contributed by atoms with Gasteiger partial charge in [-0.25, -0.2) is 0 Å². The lowest BCUT2D eigenvalue weighted by molar-refractivity contribution is -0.385. The largest absolute Gasteiger partial charge is 0.756 e. The fourth-order valence-electron chi connectivity index (χ4n) is 2.21. The van der Waals surface area contributed by atoms with Crippen molar-refractivity contribution in [2.75, 3.05) is 6.61 Å². The van der Waals surface area contributed by atoms with E-state index in [0.29, 0.717) is 11.1 Å². The van der Waals surface area contributed by atoms with Gasteiger partial charge in [0.25, 0.3) is 19.2 Å². The zero-order chi connectivity index (χ0) is 18.6. The van der Waals surface area contributed by atoms with Crippen LogP contribution in [0.1, 0.15) is 17.0 Å². The van der Waals surface area contributed by atoms with Crippen molar-refractivity contribution in [3.05, 3.63) is 79.9 Å². The molecule has 1 unspecified atom stereocenters. The van der Waals surface area contributed by atoms with Crippen molar-refractivity contribution in [2.24, 2.45) is 0 Å². The van der Waals surface area contributed by atoms with Crippen LogP contribution in [-0.4, -0.2) is 21.3 Å². The summed E-state index contributed by atoms with van der Waals surface area (Å²) in [5.41, 5.74) is 0.661. The maximum absolute atomic E-state index is 10.9. The molecular weight excluding hydrogens is 355 g/mol. The Labute approximate surface area is 141 Å². The summed E-state index contributed by atoms with van der Waals surface area (Å²) in [6.07, 6.45) is 0. The Kier molecular flexibility index (Phi) is 5.60. The number of phosphoric acid groups is 1. The first-order valence-electron chi connectivity index (χ1n) is 6.84. The van der Waals surface area contributed by atoms with E-state index in [1.54, 1.807) is 0 Å². The lowest BCUT2D eigenvalue weighted by atomic mass is 9.92. The number of hydrogen-bond donors (Lipinski definition) is 1. The first kappa shape index (κ1) is 18.7. The van der Waals surface area contributed by atoms with E-state index in [0.717, 1.165) is 0 Å². The maximum Gasteiger partial charge on any atom is 0.269 e. The molecule has 0 aromatic heterocycles. The number of nitro benzene ring substituents is 2. The summed E-state index contributed by atoms with van der Waals surface area (Å²) in [7, 11) is -4.98. The molecule has 0 aliphatic carbocycles. The number of non-ortho nitro benzene ring substituents is 2. The summed E-state index contributed by atoms with van der Waals surface area (Å²) in [5, 5.41) is 21.4. The second-order valence-electron chi connectivity index (χ2n) is 5.01. The third-order valence-electron chi connectivity index (χ3n) is 3.42. The van der Waals surface area contributed by atoms with E-state index in [1.165, 1.54) is 48.5 Å². The van der Waals surface area contributed by atoms with E-state index in [4.69, 9.17) is 4.89 Å². The molecule has 25 heavy (non-hydrogen) atoms. The highest BCUT2D eigenvalue weighted by molar-refractivity contribution is 7.44. The van der Waals surface area contributed by atoms with Crippen LogP contribution in [0.2, 0.25) is 0 Å². The van der Waals surface area contributed by atoms with Gasteiger partial charge in [-0.05, 0) is 11.1 Å². The van der Waals surface area contributed by atoms with Gasteiger partial charge in [-0.15, -0.1) is 0 Å². The fourth-order valence-corrected chi connectivity index (χ4v) is 2.55. The summed E-state index contributed by atoms with van der Waals surface area (Å²) < 4.78 is 15.3. The Hall–Kier alpha value is -2.65. The molecule has 0 fully saturated rings. The smallest absolute Gasteiger partial charge is 0.269 e. The zero-order valence-corrected chi connectivity index (χ0v) is 13.4. The van der Waals surface area contributed by atoms with Gasteiger partial charge in [0.05, 0.1) is 16.5 Å². The number of rotatable bonds is 7. The third kappa shape index (κ3) is 5.16. The minimum Gasteiger partial charge on any atom is -0.756 e. The second kappa shape index (κ2) is 7.49. The summed E-state index contributed by atoms with van der Waals surface area (Å²) in [6.45, 7) is -0.465. The minimum atomic E-state index is -4.98. The van der Waals surface area contributed by atoms with Crippen molar-refractivity contribution in [2.45, 2.75) is 5.92 Å². The number of hydrogen-bond acceptors (Lipinski definition) is 7. The Morgan fingerprint density at radius 3 is 1.56 bits per heavy atom. The van der Waals surface area contributed by atoms with Crippen molar-refractivity contribution < 1.29 is 28.7 Å². The van der Waals surface area contributed by atoms with E-state index in [-0.39, 0.29) is 11.4 Å². The topological polar surface area (TPSA) is 156 Å². The van der Waals surface area contributed by atoms with Gasteiger partial charge in [0.15, 0.2) is 0 Å². The van der Waals surface area contributed by atoms with Gasteiger partial charge in [0, 0.05) is 30.2 Å². The molecule has 1 atom stereocenters. The lowest BCUT2D eigenvalue weighted by Crippen LogP contribution is -2.12. The monoisotopic (exact) mass is 367 g/mol. The quantitative estimate of drug-likeness (QED) is 0.443. The van der Waals surface area contributed by atoms with Crippen molar-refractivity contribution in [3.63, 3.8) is 0 Å². The Bertz CT molecular complexity index is 758. The van der Waals surface area contributed by atoms with Crippen molar-refractivity contribution in [3.8, 4) is 0 Å². The van der Waals surface area contributed by atoms with E-state index in [9.17, 15) is 29.7 Å².